The minimum Gasteiger partial charge on any atom is -0.383 e. The van der Waals surface area contributed by atoms with Gasteiger partial charge in [0.2, 0.25) is 0 Å². The summed E-state index contributed by atoms with van der Waals surface area (Å²) in [5, 5.41) is 4.45. The van der Waals surface area contributed by atoms with Crippen LogP contribution < -0.4 is 5.73 Å². The number of rotatable bonds is 2. The Bertz CT molecular complexity index is 806. The Hall–Kier alpha value is -1.18. The van der Waals surface area contributed by atoms with Gasteiger partial charge in [0, 0.05) is 17.1 Å². The van der Waals surface area contributed by atoms with Crippen molar-refractivity contribution in [1.29, 1.82) is 0 Å². The van der Waals surface area contributed by atoms with Gasteiger partial charge in [-0.2, -0.15) is 5.10 Å². The van der Waals surface area contributed by atoms with E-state index < -0.39 is 0 Å². The van der Waals surface area contributed by atoms with Crippen LogP contribution in [-0.2, 0) is 7.05 Å². The first-order valence-corrected chi connectivity index (χ1v) is 8.42. The second kappa shape index (κ2) is 5.55. The van der Waals surface area contributed by atoms with Crippen LogP contribution in [0.5, 0.6) is 0 Å². The number of anilines is 1. The molecule has 0 bridgehead atoms. The summed E-state index contributed by atoms with van der Waals surface area (Å²) in [4.78, 5) is 0.916. The predicted octanol–water partition coefficient (Wildman–Crippen LogP) is 5.06. The molecule has 3 rings (SSSR count). The molecule has 0 atom stereocenters. The van der Waals surface area contributed by atoms with Crippen molar-refractivity contribution in [3.8, 4) is 21.7 Å². The molecule has 2 N–H and O–H groups in total. The fourth-order valence-electron chi connectivity index (χ4n) is 2.10. The smallest absolute Gasteiger partial charge is 0.131 e. The lowest BCUT2D eigenvalue weighted by Crippen LogP contribution is -1.98. The van der Waals surface area contributed by atoms with Gasteiger partial charge in [0.25, 0.3) is 0 Å². The van der Waals surface area contributed by atoms with Gasteiger partial charge in [0.1, 0.15) is 17.3 Å². The Morgan fingerprint density at radius 2 is 2.00 bits per heavy atom. The Labute approximate surface area is 141 Å². The van der Waals surface area contributed by atoms with Gasteiger partial charge in [0.05, 0.1) is 14.2 Å². The molecule has 0 amide bonds. The van der Waals surface area contributed by atoms with Gasteiger partial charge in [0.15, 0.2) is 0 Å². The fourth-order valence-corrected chi connectivity index (χ4v) is 4.13. The van der Waals surface area contributed by atoms with Gasteiger partial charge in [-0.25, -0.2) is 4.39 Å². The Morgan fingerprint density at radius 1 is 1.29 bits per heavy atom. The van der Waals surface area contributed by atoms with Gasteiger partial charge in [-0.05, 0) is 44.0 Å². The van der Waals surface area contributed by atoms with E-state index in [1.807, 2.05) is 6.07 Å². The average molecular weight is 431 g/mol. The van der Waals surface area contributed by atoms with E-state index in [9.17, 15) is 4.39 Å². The van der Waals surface area contributed by atoms with Crippen molar-refractivity contribution in [1.82, 2.24) is 9.78 Å². The van der Waals surface area contributed by atoms with Gasteiger partial charge in [-0.15, -0.1) is 11.3 Å². The number of aryl methyl sites for hydroxylation is 1. The number of nitrogens with two attached hydrogens (primary N) is 1. The van der Waals surface area contributed by atoms with Crippen LogP contribution in [0.1, 0.15) is 0 Å². The maximum atomic E-state index is 14.1. The summed E-state index contributed by atoms with van der Waals surface area (Å²) >= 11 is 8.44. The molecule has 108 valence electrons. The molecule has 1 aromatic carbocycles. The largest absolute Gasteiger partial charge is 0.383 e. The SMILES string of the molecule is Cn1nc(-c2cc(Br)c(Br)s2)c(-c2ccccc2F)c1N. The fraction of sp³-hybridized carbons (Fsp3) is 0.0714. The van der Waals surface area contributed by atoms with Gasteiger partial charge >= 0.3 is 0 Å². The zero-order valence-electron chi connectivity index (χ0n) is 10.9. The molecule has 0 aliphatic rings. The summed E-state index contributed by atoms with van der Waals surface area (Å²) in [6, 6.07) is 8.52. The molecule has 21 heavy (non-hydrogen) atoms. The molecule has 0 aliphatic heterocycles. The minimum atomic E-state index is -0.312. The number of aromatic nitrogens is 2. The van der Waals surface area contributed by atoms with Gasteiger partial charge in [-0.1, -0.05) is 18.2 Å². The van der Waals surface area contributed by atoms with E-state index in [1.165, 1.54) is 17.4 Å². The highest BCUT2D eigenvalue weighted by atomic mass is 79.9. The molecule has 7 heteroatoms. The first-order chi connectivity index (χ1) is 9.99. The van der Waals surface area contributed by atoms with Crippen LogP contribution >= 0.6 is 43.2 Å². The van der Waals surface area contributed by atoms with E-state index in [2.05, 4.69) is 37.0 Å². The summed E-state index contributed by atoms with van der Waals surface area (Å²) < 4.78 is 17.6. The number of hydrogen-bond donors (Lipinski definition) is 1. The highest BCUT2D eigenvalue weighted by Crippen LogP contribution is 2.43. The molecule has 0 radical (unpaired) electrons. The zero-order valence-corrected chi connectivity index (χ0v) is 14.9. The third-order valence-corrected chi connectivity index (χ3v) is 6.38. The van der Waals surface area contributed by atoms with Crippen molar-refractivity contribution in [2.75, 3.05) is 5.73 Å². The van der Waals surface area contributed by atoms with Crippen LogP contribution in [0.4, 0.5) is 10.2 Å². The van der Waals surface area contributed by atoms with Crippen molar-refractivity contribution >= 4 is 49.0 Å². The number of thiophene rings is 1. The lowest BCUT2D eigenvalue weighted by Gasteiger charge is -2.04. The summed E-state index contributed by atoms with van der Waals surface area (Å²) in [6.45, 7) is 0. The Balaban J connectivity index is 2.28. The zero-order chi connectivity index (χ0) is 15.1. The first-order valence-electron chi connectivity index (χ1n) is 6.01. The lowest BCUT2D eigenvalue weighted by atomic mass is 10.0. The number of nitrogen functional groups attached to an aromatic ring is 1. The number of nitrogens with zero attached hydrogens (tertiary/aromatic N) is 2. The van der Waals surface area contributed by atoms with Crippen molar-refractivity contribution in [2.24, 2.45) is 7.05 Å². The van der Waals surface area contributed by atoms with Crippen molar-refractivity contribution in [3.63, 3.8) is 0 Å². The molecule has 0 aliphatic carbocycles. The molecule has 0 saturated heterocycles. The summed E-state index contributed by atoms with van der Waals surface area (Å²) in [7, 11) is 1.75. The summed E-state index contributed by atoms with van der Waals surface area (Å²) in [6.07, 6.45) is 0. The van der Waals surface area contributed by atoms with E-state index in [0.29, 0.717) is 22.6 Å². The monoisotopic (exact) mass is 429 g/mol. The molecule has 2 aromatic heterocycles. The lowest BCUT2D eigenvalue weighted by molar-refractivity contribution is 0.631. The second-order valence-corrected chi connectivity index (χ2v) is 7.67. The minimum absolute atomic E-state index is 0.312. The van der Waals surface area contributed by atoms with Crippen LogP contribution in [0, 0.1) is 5.82 Å². The van der Waals surface area contributed by atoms with Crippen molar-refractivity contribution in [3.05, 3.63) is 44.4 Å². The van der Waals surface area contributed by atoms with Crippen molar-refractivity contribution in [2.45, 2.75) is 0 Å². The summed E-state index contributed by atoms with van der Waals surface area (Å²) in [5.41, 5.74) is 7.86. The quantitative estimate of drug-likeness (QED) is 0.617. The number of halogens is 3. The molecule has 0 fully saturated rings. The van der Waals surface area contributed by atoms with Crippen LogP contribution in [0.25, 0.3) is 21.7 Å². The first kappa shape index (κ1) is 14.7. The standard InChI is InChI=1S/C14H10Br2FN3S/c1-20-14(18)11(7-4-2-3-5-9(7)17)12(19-20)10-6-8(15)13(16)21-10/h2-6H,18H2,1H3. The highest BCUT2D eigenvalue weighted by Gasteiger charge is 2.21. The molecule has 0 unspecified atom stereocenters. The molecule has 0 saturated carbocycles. The average Bonchev–Trinajstić information content (AvgIpc) is 2.93. The van der Waals surface area contributed by atoms with Gasteiger partial charge in [-0.3, -0.25) is 4.68 Å². The van der Waals surface area contributed by atoms with E-state index >= 15 is 0 Å². The molecule has 0 spiro atoms. The predicted molar refractivity (Wildman–Crippen MR) is 91.7 cm³/mol. The van der Waals surface area contributed by atoms with Crippen LogP contribution in [-0.4, -0.2) is 9.78 Å². The Morgan fingerprint density at radius 3 is 2.62 bits per heavy atom. The normalized spacial score (nSPS) is 11.0. The Kier molecular flexibility index (Phi) is 3.90. The highest BCUT2D eigenvalue weighted by molar-refractivity contribution is 9.13. The molecular weight excluding hydrogens is 421 g/mol. The van der Waals surface area contributed by atoms with Crippen LogP contribution in [0.3, 0.4) is 0 Å². The van der Waals surface area contributed by atoms with E-state index in [4.69, 9.17) is 5.73 Å². The van der Waals surface area contributed by atoms with Crippen LogP contribution in [0.15, 0.2) is 38.6 Å². The topological polar surface area (TPSA) is 43.8 Å². The number of benzene rings is 1. The number of hydrogen-bond acceptors (Lipinski definition) is 3. The van der Waals surface area contributed by atoms with Crippen LogP contribution in [0.2, 0.25) is 0 Å². The maximum Gasteiger partial charge on any atom is 0.131 e. The second-order valence-electron chi connectivity index (χ2n) is 4.44. The molecule has 3 nitrogen and oxygen atoms in total. The molecule has 2 heterocycles. The van der Waals surface area contributed by atoms with E-state index in [1.54, 1.807) is 29.9 Å². The third-order valence-electron chi connectivity index (χ3n) is 3.11. The van der Waals surface area contributed by atoms with Gasteiger partial charge < -0.3 is 5.73 Å². The van der Waals surface area contributed by atoms with E-state index in [0.717, 1.165) is 13.1 Å². The summed E-state index contributed by atoms with van der Waals surface area (Å²) in [5.74, 6) is 0.129. The van der Waals surface area contributed by atoms with E-state index in [-0.39, 0.29) is 5.82 Å². The third kappa shape index (κ3) is 2.54. The maximum absolute atomic E-state index is 14.1. The van der Waals surface area contributed by atoms with Crippen molar-refractivity contribution < 1.29 is 4.39 Å². The molecule has 3 aromatic rings. The molecular formula is C14H10Br2FN3S.